The number of unbranched alkanes of at least 4 members (excludes halogenated alkanes) is 1. The molecule has 0 aromatic heterocycles. The lowest BCUT2D eigenvalue weighted by Gasteiger charge is -2.34. The van der Waals surface area contributed by atoms with Crippen LogP contribution in [-0.2, 0) is 16.1 Å². The number of aliphatic hydroxyl groups excluding tert-OH is 3. The highest BCUT2D eigenvalue weighted by molar-refractivity contribution is 6.30. The quantitative estimate of drug-likeness (QED) is 0.439. The number of carbonyl (C=O) groups is 2. The second-order valence-electron chi connectivity index (χ2n) is 7.98. The monoisotopic (exact) mass is 485 g/mol. The molecule has 2 heterocycles. The topological polar surface area (TPSA) is 113 Å². The van der Waals surface area contributed by atoms with Gasteiger partial charge in [0.25, 0.3) is 11.8 Å². The highest BCUT2D eigenvalue weighted by Crippen LogP contribution is 2.38. The third-order valence-corrected chi connectivity index (χ3v) is 6.05. The molecule has 2 unspecified atom stereocenters. The number of amides is 2. The zero-order valence-corrected chi connectivity index (χ0v) is 19.0. The van der Waals surface area contributed by atoms with E-state index < -0.39 is 59.1 Å². The number of halogens is 3. The standard InChI is InChI=1S/C22H26ClF2N3O5/c1-3-4-8-27(2)22(33)18-20(31)19(30)15(17-14(29)7-9-28(17)18)21(32)26-10-11-13(24)6-5-12(23)16(11)25/h5-6,14,19,29-31H,3-4,7-10H2,1-2H3,(H,26,32). The average molecular weight is 486 g/mol. The van der Waals surface area contributed by atoms with Crippen LogP contribution < -0.4 is 5.32 Å². The molecule has 11 heteroatoms. The highest BCUT2D eigenvalue weighted by Gasteiger charge is 2.45. The van der Waals surface area contributed by atoms with E-state index in [1.165, 1.54) is 9.80 Å². The summed E-state index contributed by atoms with van der Waals surface area (Å²) in [6.45, 7) is 1.92. The predicted octanol–water partition coefficient (Wildman–Crippen LogP) is 1.96. The summed E-state index contributed by atoms with van der Waals surface area (Å²) in [5, 5.41) is 33.8. The summed E-state index contributed by atoms with van der Waals surface area (Å²) >= 11 is 5.67. The van der Waals surface area contributed by atoms with Crippen molar-refractivity contribution in [3.05, 3.63) is 57.1 Å². The molecule has 180 valence electrons. The third-order valence-electron chi connectivity index (χ3n) is 5.76. The highest BCUT2D eigenvalue weighted by atomic mass is 35.5. The Balaban J connectivity index is 1.90. The molecule has 0 radical (unpaired) electrons. The molecule has 0 spiro atoms. The van der Waals surface area contributed by atoms with Gasteiger partial charge in [-0.15, -0.1) is 0 Å². The van der Waals surface area contributed by atoms with Crippen LogP contribution in [0.4, 0.5) is 8.78 Å². The van der Waals surface area contributed by atoms with Crippen LogP contribution in [0.25, 0.3) is 0 Å². The number of likely N-dealkylation sites (N-methyl/N-ethyl adjacent to an activating group) is 1. The molecule has 2 atom stereocenters. The predicted molar refractivity (Wildman–Crippen MR) is 116 cm³/mol. The van der Waals surface area contributed by atoms with Gasteiger partial charge < -0.3 is 30.4 Å². The van der Waals surface area contributed by atoms with Gasteiger partial charge in [0.15, 0.2) is 5.76 Å². The largest absolute Gasteiger partial charge is 0.507 e. The third kappa shape index (κ3) is 4.68. The molecule has 0 saturated carbocycles. The van der Waals surface area contributed by atoms with Crippen molar-refractivity contribution in [2.45, 2.75) is 44.9 Å². The number of nitrogens with one attached hydrogen (secondary N) is 1. The van der Waals surface area contributed by atoms with Crippen molar-refractivity contribution in [3.8, 4) is 0 Å². The number of nitrogens with zero attached hydrogens (tertiary/aromatic N) is 2. The Labute approximate surface area is 194 Å². The fourth-order valence-corrected chi connectivity index (χ4v) is 4.11. The lowest BCUT2D eigenvalue weighted by Crippen LogP contribution is -2.44. The molecule has 0 aliphatic carbocycles. The van der Waals surface area contributed by atoms with E-state index in [9.17, 15) is 33.7 Å². The summed E-state index contributed by atoms with van der Waals surface area (Å²) in [5.74, 6) is -4.21. The Morgan fingerprint density at radius 1 is 1.30 bits per heavy atom. The minimum Gasteiger partial charge on any atom is -0.507 e. The van der Waals surface area contributed by atoms with Crippen molar-refractivity contribution >= 4 is 23.4 Å². The average Bonchev–Trinajstić information content (AvgIpc) is 3.15. The van der Waals surface area contributed by atoms with Crippen LogP contribution in [0.3, 0.4) is 0 Å². The smallest absolute Gasteiger partial charge is 0.273 e. The fraction of sp³-hybridized carbons (Fsp3) is 0.455. The van der Waals surface area contributed by atoms with Gasteiger partial charge in [0.2, 0.25) is 0 Å². The van der Waals surface area contributed by atoms with E-state index >= 15 is 0 Å². The normalized spacial score (nSPS) is 20.3. The SMILES string of the molecule is CCCCN(C)C(=O)C1=C(O)C(O)C(C(=O)NCc2c(F)ccc(Cl)c2F)=C2C(O)CCN12. The number of benzene rings is 1. The van der Waals surface area contributed by atoms with Gasteiger partial charge in [-0.25, -0.2) is 8.78 Å². The van der Waals surface area contributed by atoms with Crippen LogP contribution in [-0.4, -0.2) is 69.3 Å². The van der Waals surface area contributed by atoms with Crippen LogP contribution in [0.15, 0.2) is 34.9 Å². The lowest BCUT2D eigenvalue weighted by molar-refractivity contribution is -0.128. The molecule has 1 saturated heterocycles. The van der Waals surface area contributed by atoms with E-state index in [0.717, 1.165) is 25.0 Å². The molecular formula is C22H26ClF2N3O5. The van der Waals surface area contributed by atoms with Crippen molar-refractivity contribution < 1.29 is 33.7 Å². The summed E-state index contributed by atoms with van der Waals surface area (Å²) in [5.41, 5.74) is -1.12. The molecule has 2 amide bonds. The van der Waals surface area contributed by atoms with Crippen LogP contribution in [0.5, 0.6) is 0 Å². The second-order valence-corrected chi connectivity index (χ2v) is 8.38. The molecule has 1 aromatic carbocycles. The summed E-state index contributed by atoms with van der Waals surface area (Å²) in [6, 6.07) is 1.99. The van der Waals surface area contributed by atoms with Gasteiger partial charge in [0.1, 0.15) is 23.4 Å². The van der Waals surface area contributed by atoms with Crippen molar-refractivity contribution in [2.24, 2.45) is 0 Å². The maximum Gasteiger partial charge on any atom is 0.273 e. The van der Waals surface area contributed by atoms with Crippen molar-refractivity contribution in [2.75, 3.05) is 20.1 Å². The fourth-order valence-electron chi connectivity index (χ4n) is 3.93. The van der Waals surface area contributed by atoms with Crippen LogP contribution >= 0.6 is 11.6 Å². The van der Waals surface area contributed by atoms with Gasteiger partial charge in [-0.05, 0) is 25.0 Å². The zero-order chi connectivity index (χ0) is 24.4. The summed E-state index contributed by atoms with van der Waals surface area (Å²) in [4.78, 5) is 28.6. The van der Waals surface area contributed by atoms with Gasteiger partial charge in [-0.1, -0.05) is 24.9 Å². The number of hydrogen-bond donors (Lipinski definition) is 4. The number of carbonyl (C=O) groups excluding carboxylic acids is 2. The van der Waals surface area contributed by atoms with Gasteiger partial charge in [0.05, 0.1) is 22.4 Å². The van der Waals surface area contributed by atoms with Crippen LogP contribution in [0.2, 0.25) is 5.02 Å². The summed E-state index contributed by atoms with van der Waals surface area (Å²) in [7, 11) is 1.55. The first-order valence-electron chi connectivity index (χ1n) is 10.6. The Hall–Kier alpha value is -2.69. The van der Waals surface area contributed by atoms with E-state index in [1.54, 1.807) is 7.05 Å². The van der Waals surface area contributed by atoms with Crippen molar-refractivity contribution in [1.82, 2.24) is 15.1 Å². The second kappa shape index (κ2) is 10.1. The maximum atomic E-state index is 14.2. The van der Waals surface area contributed by atoms with Crippen molar-refractivity contribution in [3.63, 3.8) is 0 Å². The van der Waals surface area contributed by atoms with Crippen molar-refractivity contribution in [1.29, 1.82) is 0 Å². The van der Waals surface area contributed by atoms with E-state index in [4.69, 9.17) is 11.6 Å². The maximum absolute atomic E-state index is 14.2. The molecule has 33 heavy (non-hydrogen) atoms. The molecule has 1 aromatic rings. The molecular weight excluding hydrogens is 460 g/mol. The number of fused-ring (bicyclic) bond motifs is 1. The first kappa shape index (κ1) is 24.9. The minimum atomic E-state index is -1.91. The van der Waals surface area contributed by atoms with E-state index in [0.29, 0.717) is 6.54 Å². The van der Waals surface area contributed by atoms with Gasteiger partial charge in [0, 0.05) is 32.2 Å². The van der Waals surface area contributed by atoms with Crippen LogP contribution in [0.1, 0.15) is 31.7 Å². The molecule has 1 fully saturated rings. The van der Waals surface area contributed by atoms with Crippen LogP contribution in [0, 0.1) is 11.6 Å². The molecule has 8 nitrogen and oxygen atoms in total. The Morgan fingerprint density at radius 3 is 2.67 bits per heavy atom. The molecule has 0 bridgehead atoms. The number of hydrogen-bond acceptors (Lipinski definition) is 6. The summed E-state index contributed by atoms with van der Waals surface area (Å²) < 4.78 is 28.1. The summed E-state index contributed by atoms with van der Waals surface area (Å²) in [6.07, 6.45) is -1.36. The molecule has 3 rings (SSSR count). The Morgan fingerprint density at radius 2 is 2.00 bits per heavy atom. The molecule has 4 N–H and O–H groups in total. The van der Waals surface area contributed by atoms with E-state index in [2.05, 4.69) is 5.32 Å². The van der Waals surface area contributed by atoms with E-state index in [1.807, 2.05) is 6.92 Å². The number of aliphatic hydroxyl groups is 3. The van der Waals surface area contributed by atoms with Gasteiger partial charge in [-0.2, -0.15) is 0 Å². The Bertz CT molecular complexity index is 1030. The Kier molecular flexibility index (Phi) is 7.61. The minimum absolute atomic E-state index is 0.0305. The van der Waals surface area contributed by atoms with E-state index in [-0.39, 0.29) is 29.4 Å². The first-order chi connectivity index (χ1) is 15.6. The molecule has 2 aliphatic heterocycles. The first-order valence-corrected chi connectivity index (χ1v) is 10.9. The van der Waals surface area contributed by atoms with Gasteiger partial charge >= 0.3 is 0 Å². The van der Waals surface area contributed by atoms with Gasteiger partial charge in [-0.3, -0.25) is 9.59 Å². The number of rotatable bonds is 7. The zero-order valence-electron chi connectivity index (χ0n) is 18.2. The lowest BCUT2D eigenvalue weighted by atomic mass is 9.96. The molecule has 2 aliphatic rings.